The number of nitriles is 1. The van der Waals surface area contributed by atoms with Crippen molar-refractivity contribution in [2.75, 3.05) is 58.4 Å². The second kappa shape index (κ2) is 11.6. The molecule has 10 rings (SSSR count). The standard InChI is InChI=1S/C34H39N9O2/c1-39-18-27-6-5-26(39)19-40(27)9-10-45-30-12-31(34-25(13-35)16-38-43(34)22-30)24-4-7-32(36-15-24)41-20-28-11-29(21-41)42(28)17-23-3-8-33(44-2)37-14-23/h3-4,7-8,12,14-16,22,26-29H,5-6,9-11,17-21H2,1-2H3. The van der Waals surface area contributed by atoms with Gasteiger partial charge in [0.15, 0.2) is 0 Å². The molecule has 4 unspecified atom stereocenters. The zero-order chi connectivity index (χ0) is 30.5. The van der Waals surface area contributed by atoms with Gasteiger partial charge >= 0.3 is 0 Å². The lowest BCUT2D eigenvalue weighted by Crippen LogP contribution is -2.68. The van der Waals surface area contributed by atoms with Gasteiger partial charge in [-0.15, -0.1) is 0 Å². The van der Waals surface area contributed by atoms with Crippen LogP contribution in [0.1, 0.15) is 30.4 Å². The lowest BCUT2D eigenvalue weighted by molar-refractivity contribution is -0.0118. The summed E-state index contributed by atoms with van der Waals surface area (Å²) in [7, 11) is 3.89. The summed E-state index contributed by atoms with van der Waals surface area (Å²) in [6.45, 7) is 6.61. The van der Waals surface area contributed by atoms with Crippen LogP contribution in [-0.4, -0.2) is 112 Å². The van der Waals surface area contributed by atoms with E-state index in [4.69, 9.17) is 14.5 Å². The molecule has 0 N–H and O–H groups in total. The number of rotatable bonds is 9. The maximum absolute atomic E-state index is 9.82. The number of piperidine rings is 3. The molecule has 6 aliphatic rings. The number of ether oxygens (including phenoxy) is 2. The monoisotopic (exact) mass is 605 g/mol. The minimum absolute atomic E-state index is 0.506. The summed E-state index contributed by atoms with van der Waals surface area (Å²) in [4.78, 5) is 19.3. The van der Waals surface area contributed by atoms with Gasteiger partial charge in [-0.1, -0.05) is 6.07 Å². The van der Waals surface area contributed by atoms with E-state index < -0.39 is 0 Å². The predicted octanol–water partition coefficient (Wildman–Crippen LogP) is 3.29. The lowest BCUT2D eigenvalue weighted by atomic mass is 9.87. The predicted molar refractivity (Wildman–Crippen MR) is 170 cm³/mol. The Balaban J connectivity index is 0.953. The van der Waals surface area contributed by atoms with Crippen molar-refractivity contribution in [3.63, 3.8) is 0 Å². The van der Waals surface area contributed by atoms with E-state index in [1.807, 2.05) is 30.7 Å². The minimum Gasteiger partial charge on any atom is -0.491 e. The van der Waals surface area contributed by atoms with Crippen LogP contribution in [0.5, 0.6) is 11.6 Å². The van der Waals surface area contributed by atoms with Crippen LogP contribution in [0.2, 0.25) is 0 Å². The van der Waals surface area contributed by atoms with Crippen molar-refractivity contribution in [2.24, 2.45) is 0 Å². The lowest BCUT2D eigenvalue weighted by Gasteiger charge is -2.56. The molecule has 232 valence electrons. The van der Waals surface area contributed by atoms with Gasteiger partial charge in [-0.3, -0.25) is 9.80 Å². The highest BCUT2D eigenvalue weighted by molar-refractivity contribution is 5.85. The highest BCUT2D eigenvalue weighted by Gasteiger charge is 2.44. The number of nitrogens with zero attached hydrogens (tertiary/aromatic N) is 9. The summed E-state index contributed by atoms with van der Waals surface area (Å²) in [6, 6.07) is 14.9. The fourth-order valence-corrected chi connectivity index (χ4v) is 7.86. The molecule has 0 saturated carbocycles. The second-order valence-electron chi connectivity index (χ2n) is 13.0. The number of anilines is 1. The Morgan fingerprint density at radius 1 is 0.956 bits per heavy atom. The fraction of sp³-hybridized carbons (Fsp3) is 0.471. The smallest absolute Gasteiger partial charge is 0.212 e. The first kappa shape index (κ1) is 28.2. The topological polar surface area (TPSA) is 98.3 Å². The van der Waals surface area contributed by atoms with Crippen molar-refractivity contribution in [3.8, 4) is 28.8 Å². The Kier molecular flexibility index (Phi) is 7.28. The molecule has 0 radical (unpaired) electrons. The Bertz CT molecular complexity index is 1700. The average molecular weight is 606 g/mol. The van der Waals surface area contributed by atoms with Crippen LogP contribution >= 0.6 is 0 Å². The molecule has 4 atom stereocenters. The molecule has 4 bridgehead atoms. The van der Waals surface area contributed by atoms with Gasteiger partial charge in [0.1, 0.15) is 24.2 Å². The molecule has 6 aliphatic heterocycles. The maximum Gasteiger partial charge on any atom is 0.212 e. The van der Waals surface area contributed by atoms with Crippen LogP contribution in [0.25, 0.3) is 16.6 Å². The number of hydrogen-bond acceptors (Lipinski definition) is 10. The summed E-state index contributed by atoms with van der Waals surface area (Å²) in [6.07, 6.45) is 11.1. The average Bonchev–Trinajstić information content (AvgIpc) is 3.51. The van der Waals surface area contributed by atoms with Gasteiger partial charge in [0.2, 0.25) is 5.88 Å². The Morgan fingerprint density at radius 3 is 2.51 bits per heavy atom. The normalized spacial score (nSPS) is 24.9. The van der Waals surface area contributed by atoms with E-state index in [0.717, 1.165) is 67.5 Å². The number of aromatic nitrogens is 4. The van der Waals surface area contributed by atoms with Gasteiger partial charge in [0.25, 0.3) is 0 Å². The van der Waals surface area contributed by atoms with E-state index in [1.54, 1.807) is 17.8 Å². The quantitative estimate of drug-likeness (QED) is 0.283. The molecule has 11 nitrogen and oxygen atoms in total. The van der Waals surface area contributed by atoms with E-state index >= 15 is 0 Å². The summed E-state index contributed by atoms with van der Waals surface area (Å²) in [5.41, 5.74) is 4.37. The van der Waals surface area contributed by atoms with Crippen LogP contribution in [0, 0.1) is 11.3 Å². The Labute approximate surface area is 263 Å². The van der Waals surface area contributed by atoms with Crippen molar-refractivity contribution in [1.29, 1.82) is 5.26 Å². The Hall–Kier alpha value is -4.24. The molecule has 45 heavy (non-hydrogen) atoms. The van der Waals surface area contributed by atoms with E-state index in [9.17, 15) is 5.26 Å². The minimum atomic E-state index is 0.506. The van der Waals surface area contributed by atoms with Gasteiger partial charge in [-0.25, -0.2) is 14.5 Å². The molecule has 0 aromatic carbocycles. The SMILES string of the molecule is COc1ccc(CN2C3CC2CN(c2ccc(-c4cc(OCCN5CC6CCC5CN6C)cn5ncc(C#N)c45)cn2)C3)cn1. The molecule has 0 aliphatic carbocycles. The van der Waals surface area contributed by atoms with E-state index in [-0.39, 0.29) is 0 Å². The molecule has 4 aromatic rings. The molecule has 4 aromatic heterocycles. The van der Waals surface area contributed by atoms with Crippen molar-refractivity contribution < 1.29 is 9.47 Å². The first-order chi connectivity index (χ1) is 22.1. The molecule has 0 amide bonds. The summed E-state index contributed by atoms with van der Waals surface area (Å²) in [5.74, 6) is 2.38. The first-order valence-corrected chi connectivity index (χ1v) is 16.0. The molecular weight excluding hydrogens is 566 g/mol. The number of fused-ring (bicyclic) bond motifs is 6. The summed E-state index contributed by atoms with van der Waals surface area (Å²) >= 11 is 0. The maximum atomic E-state index is 9.82. The second-order valence-corrected chi connectivity index (χ2v) is 13.0. The number of hydrogen-bond donors (Lipinski definition) is 0. The summed E-state index contributed by atoms with van der Waals surface area (Å²) in [5, 5.41) is 14.3. The van der Waals surface area contributed by atoms with Crippen LogP contribution in [0.3, 0.4) is 0 Å². The first-order valence-electron chi connectivity index (χ1n) is 16.0. The van der Waals surface area contributed by atoms with Gasteiger partial charge in [-0.2, -0.15) is 10.4 Å². The Morgan fingerprint density at radius 2 is 1.82 bits per heavy atom. The molecule has 0 spiro atoms. The van der Waals surface area contributed by atoms with Crippen molar-refractivity contribution in [1.82, 2.24) is 34.3 Å². The third-order valence-electron chi connectivity index (χ3n) is 10.4. The molecule has 6 fully saturated rings. The largest absolute Gasteiger partial charge is 0.491 e. The fourth-order valence-electron chi connectivity index (χ4n) is 7.86. The highest BCUT2D eigenvalue weighted by atomic mass is 16.5. The zero-order valence-electron chi connectivity index (χ0n) is 25.9. The zero-order valence-corrected chi connectivity index (χ0v) is 25.9. The van der Waals surface area contributed by atoms with E-state index in [2.05, 4.69) is 61.0 Å². The number of methoxy groups -OCH3 is 1. The van der Waals surface area contributed by atoms with Gasteiger partial charge < -0.3 is 19.3 Å². The van der Waals surface area contributed by atoms with Gasteiger partial charge in [0, 0.05) is 93.0 Å². The third kappa shape index (κ3) is 5.27. The van der Waals surface area contributed by atoms with E-state index in [1.165, 1.54) is 24.8 Å². The number of piperazine rings is 2. The number of likely N-dealkylation sites (N-methyl/N-ethyl adjacent to an activating group) is 1. The highest BCUT2D eigenvalue weighted by Crippen LogP contribution is 2.37. The van der Waals surface area contributed by atoms with Gasteiger partial charge in [0.05, 0.1) is 30.6 Å². The van der Waals surface area contributed by atoms with Crippen LogP contribution in [0.15, 0.2) is 55.1 Å². The molecular formula is C34H39N9O2. The van der Waals surface area contributed by atoms with Crippen molar-refractivity contribution >= 4 is 11.3 Å². The molecule has 11 heteroatoms. The molecule has 10 heterocycles. The van der Waals surface area contributed by atoms with Crippen LogP contribution < -0.4 is 14.4 Å². The van der Waals surface area contributed by atoms with Crippen LogP contribution in [0.4, 0.5) is 5.82 Å². The van der Waals surface area contributed by atoms with Gasteiger partial charge in [-0.05, 0) is 50.1 Å². The molecule has 6 saturated heterocycles. The summed E-state index contributed by atoms with van der Waals surface area (Å²) < 4.78 is 13.3. The van der Waals surface area contributed by atoms with Crippen molar-refractivity contribution in [2.45, 2.75) is 50.0 Å². The van der Waals surface area contributed by atoms with E-state index in [0.29, 0.717) is 42.2 Å². The van der Waals surface area contributed by atoms with Crippen LogP contribution in [-0.2, 0) is 6.54 Å². The van der Waals surface area contributed by atoms with Crippen molar-refractivity contribution in [3.05, 3.63) is 66.2 Å². The number of pyridine rings is 3. The third-order valence-corrected chi connectivity index (χ3v) is 10.4.